The van der Waals surface area contributed by atoms with Gasteiger partial charge in [-0.25, -0.2) is 9.07 Å². The molecule has 0 saturated carbocycles. The molecule has 0 aliphatic heterocycles. The fraction of sp³-hybridized carbons (Fsp3) is 0.118. The minimum atomic E-state index is -0.244. The van der Waals surface area contributed by atoms with E-state index in [-0.39, 0.29) is 5.82 Å². The van der Waals surface area contributed by atoms with Crippen molar-refractivity contribution < 1.29 is 4.39 Å². The van der Waals surface area contributed by atoms with Crippen molar-refractivity contribution in [1.29, 1.82) is 0 Å². The van der Waals surface area contributed by atoms with Crippen LogP contribution >= 0.6 is 0 Å². The van der Waals surface area contributed by atoms with Crippen LogP contribution in [-0.4, -0.2) is 16.3 Å². The van der Waals surface area contributed by atoms with Crippen molar-refractivity contribution in [2.24, 2.45) is 5.73 Å². The summed E-state index contributed by atoms with van der Waals surface area (Å²) >= 11 is 0. The molecule has 0 bridgehead atoms. The third kappa shape index (κ3) is 2.85. The summed E-state index contributed by atoms with van der Waals surface area (Å²) in [4.78, 5) is 0. The number of halogens is 1. The van der Waals surface area contributed by atoms with E-state index in [0.29, 0.717) is 13.0 Å². The molecule has 0 aliphatic rings. The predicted octanol–water partition coefficient (Wildman–Crippen LogP) is 3.18. The predicted molar refractivity (Wildman–Crippen MR) is 81.7 cm³/mol. The molecule has 3 nitrogen and oxygen atoms in total. The molecule has 0 aliphatic carbocycles. The highest BCUT2D eigenvalue weighted by atomic mass is 19.1. The maximum Gasteiger partial charge on any atom is 0.123 e. The van der Waals surface area contributed by atoms with Gasteiger partial charge in [0.15, 0.2) is 0 Å². The maximum absolute atomic E-state index is 13.1. The zero-order chi connectivity index (χ0) is 14.7. The monoisotopic (exact) mass is 281 g/mol. The van der Waals surface area contributed by atoms with Gasteiger partial charge in [-0.3, -0.25) is 0 Å². The van der Waals surface area contributed by atoms with Gasteiger partial charge in [0.2, 0.25) is 0 Å². The van der Waals surface area contributed by atoms with E-state index in [1.807, 2.05) is 41.1 Å². The zero-order valence-corrected chi connectivity index (χ0v) is 11.5. The molecule has 2 aromatic carbocycles. The van der Waals surface area contributed by atoms with Crippen LogP contribution in [-0.2, 0) is 6.42 Å². The average Bonchev–Trinajstić information content (AvgIpc) is 2.93. The average molecular weight is 281 g/mol. The summed E-state index contributed by atoms with van der Waals surface area (Å²) in [7, 11) is 0. The minimum absolute atomic E-state index is 0.244. The summed E-state index contributed by atoms with van der Waals surface area (Å²) in [5.74, 6) is -0.244. The number of hydrogen-bond acceptors (Lipinski definition) is 2. The van der Waals surface area contributed by atoms with Crippen LogP contribution in [0, 0.1) is 5.82 Å². The Labute approximate surface area is 122 Å². The molecular weight excluding hydrogens is 265 g/mol. The lowest BCUT2D eigenvalue weighted by Crippen LogP contribution is -2.04. The van der Waals surface area contributed by atoms with Gasteiger partial charge in [0, 0.05) is 12.0 Å². The second kappa shape index (κ2) is 5.89. The van der Waals surface area contributed by atoms with Gasteiger partial charge < -0.3 is 5.73 Å². The van der Waals surface area contributed by atoms with Gasteiger partial charge in [-0.05, 0) is 49.0 Å². The summed E-state index contributed by atoms with van der Waals surface area (Å²) in [6, 6.07) is 18.3. The van der Waals surface area contributed by atoms with Gasteiger partial charge >= 0.3 is 0 Å². The van der Waals surface area contributed by atoms with E-state index in [9.17, 15) is 4.39 Å². The molecule has 3 rings (SSSR count). The summed E-state index contributed by atoms with van der Waals surface area (Å²) in [6.07, 6.45) is 0.716. The smallest absolute Gasteiger partial charge is 0.123 e. The van der Waals surface area contributed by atoms with Crippen LogP contribution in [0.15, 0.2) is 60.7 Å². The fourth-order valence-corrected chi connectivity index (χ4v) is 2.29. The van der Waals surface area contributed by atoms with Gasteiger partial charge in [-0.1, -0.05) is 18.2 Å². The first-order valence-electron chi connectivity index (χ1n) is 6.88. The minimum Gasteiger partial charge on any atom is -0.330 e. The zero-order valence-electron chi connectivity index (χ0n) is 11.5. The standard InChI is InChI=1S/C17H16FN3/c18-14-8-6-13(7-9-14)17-12-15(10-11-19)20-21(17)16-4-2-1-3-5-16/h1-9,12H,10-11,19H2. The Bertz CT molecular complexity index is 718. The SMILES string of the molecule is NCCc1cc(-c2ccc(F)cc2)n(-c2ccccc2)n1. The molecule has 0 radical (unpaired) electrons. The van der Waals surface area contributed by atoms with Crippen LogP contribution in [0.3, 0.4) is 0 Å². The molecular formula is C17H16FN3. The largest absolute Gasteiger partial charge is 0.330 e. The number of hydrogen-bond donors (Lipinski definition) is 1. The molecule has 0 amide bonds. The molecule has 0 unspecified atom stereocenters. The number of nitrogens with two attached hydrogens (primary N) is 1. The second-order valence-corrected chi connectivity index (χ2v) is 4.81. The fourth-order valence-electron chi connectivity index (χ4n) is 2.29. The first kappa shape index (κ1) is 13.5. The molecule has 1 heterocycles. The number of nitrogens with zero attached hydrogens (tertiary/aromatic N) is 2. The third-order valence-corrected chi connectivity index (χ3v) is 3.30. The van der Waals surface area contributed by atoms with Crippen molar-refractivity contribution in [3.63, 3.8) is 0 Å². The van der Waals surface area contributed by atoms with Crippen LogP contribution in [0.5, 0.6) is 0 Å². The van der Waals surface area contributed by atoms with Crippen LogP contribution in [0.1, 0.15) is 5.69 Å². The van der Waals surface area contributed by atoms with Gasteiger partial charge in [0.1, 0.15) is 5.82 Å². The summed E-state index contributed by atoms with van der Waals surface area (Å²) in [5, 5.41) is 4.61. The Morgan fingerprint density at radius 1 is 1.00 bits per heavy atom. The van der Waals surface area contributed by atoms with Crippen LogP contribution < -0.4 is 5.73 Å². The quantitative estimate of drug-likeness (QED) is 0.798. The lowest BCUT2D eigenvalue weighted by Gasteiger charge is -2.07. The number of para-hydroxylation sites is 1. The topological polar surface area (TPSA) is 43.8 Å². The normalized spacial score (nSPS) is 10.8. The Morgan fingerprint density at radius 2 is 1.71 bits per heavy atom. The van der Waals surface area contributed by atoms with Crippen molar-refractivity contribution in [3.05, 3.63) is 72.2 Å². The van der Waals surface area contributed by atoms with Crippen molar-refractivity contribution in [3.8, 4) is 16.9 Å². The number of benzene rings is 2. The highest BCUT2D eigenvalue weighted by Crippen LogP contribution is 2.24. The number of rotatable bonds is 4. The maximum atomic E-state index is 13.1. The molecule has 0 fully saturated rings. The van der Waals surface area contributed by atoms with Gasteiger partial charge in [-0.15, -0.1) is 0 Å². The van der Waals surface area contributed by atoms with E-state index in [1.165, 1.54) is 12.1 Å². The lowest BCUT2D eigenvalue weighted by atomic mass is 10.1. The van der Waals surface area contributed by atoms with E-state index >= 15 is 0 Å². The van der Waals surface area contributed by atoms with E-state index in [4.69, 9.17) is 5.73 Å². The van der Waals surface area contributed by atoms with E-state index < -0.39 is 0 Å². The first-order valence-corrected chi connectivity index (χ1v) is 6.88. The van der Waals surface area contributed by atoms with Gasteiger partial charge in [0.05, 0.1) is 17.1 Å². The molecule has 1 aromatic heterocycles. The summed E-state index contributed by atoms with van der Waals surface area (Å²) < 4.78 is 15.0. The molecule has 0 saturated heterocycles. The Balaban J connectivity index is 2.11. The Kier molecular flexibility index (Phi) is 3.79. The summed E-state index contributed by atoms with van der Waals surface area (Å²) in [5.41, 5.74) is 9.38. The third-order valence-electron chi connectivity index (χ3n) is 3.30. The molecule has 2 N–H and O–H groups in total. The van der Waals surface area contributed by atoms with Crippen LogP contribution in [0.4, 0.5) is 4.39 Å². The Hall–Kier alpha value is -2.46. The molecule has 3 aromatic rings. The van der Waals surface area contributed by atoms with Crippen LogP contribution in [0.25, 0.3) is 16.9 Å². The van der Waals surface area contributed by atoms with Crippen molar-refractivity contribution in [2.75, 3.05) is 6.54 Å². The Morgan fingerprint density at radius 3 is 2.38 bits per heavy atom. The molecule has 4 heteroatoms. The molecule has 0 atom stereocenters. The highest BCUT2D eigenvalue weighted by molar-refractivity contribution is 5.62. The van der Waals surface area contributed by atoms with Crippen molar-refractivity contribution in [2.45, 2.75) is 6.42 Å². The van der Waals surface area contributed by atoms with Crippen molar-refractivity contribution >= 4 is 0 Å². The first-order chi connectivity index (χ1) is 10.3. The van der Waals surface area contributed by atoms with E-state index in [0.717, 1.165) is 22.6 Å². The van der Waals surface area contributed by atoms with E-state index in [1.54, 1.807) is 12.1 Å². The van der Waals surface area contributed by atoms with E-state index in [2.05, 4.69) is 5.10 Å². The molecule has 21 heavy (non-hydrogen) atoms. The second-order valence-electron chi connectivity index (χ2n) is 4.81. The van der Waals surface area contributed by atoms with Crippen LogP contribution in [0.2, 0.25) is 0 Å². The highest BCUT2D eigenvalue weighted by Gasteiger charge is 2.11. The molecule has 106 valence electrons. The van der Waals surface area contributed by atoms with Gasteiger partial charge in [0.25, 0.3) is 0 Å². The summed E-state index contributed by atoms with van der Waals surface area (Å²) in [6.45, 7) is 0.550. The number of aromatic nitrogens is 2. The molecule has 0 spiro atoms. The van der Waals surface area contributed by atoms with Gasteiger partial charge in [-0.2, -0.15) is 5.10 Å². The lowest BCUT2D eigenvalue weighted by molar-refractivity contribution is 0.628. The van der Waals surface area contributed by atoms with Crippen molar-refractivity contribution in [1.82, 2.24) is 9.78 Å².